The van der Waals surface area contributed by atoms with Crippen molar-refractivity contribution in [1.29, 1.82) is 0 Å². The van der Waals surface area contributed by atoms with Crippen LogP contribution in [0.15, 0.2) is 30.6 Å². The summed E-state index contributed by atoms with van der Waals surface area (Å²) < 4.78 is 0. The number of hydrogen-bond acceptors (Lipinski definition) is 5. The van der Waals surface area contributed by atoms with Gasteiger partial charge in [-0.25, -0.2) is 4.98 Å². The van der Waals surface area contributed by atoms with Crippen molar-refractivity contribution in [2.24, 2.45) is 0 Å². The number of rotatable bonds is 4. The topological polar surface area (TPSA) is 58.1 Å². The van der Waals surface area contributed by atoms with E-state index in [1.54, 1.807) is 24.4 Å². The number of carbonyl (C=O) groups is 1. The normalized spacial score (nSPS) is 19.0. The molecule has 1 aliphatic rings. The summed E-state index contributed by atoms with van der Waals surface area (Å²) in [6.45, 7) is 4.34. The minimum absolute atomic E-state index is 0.215. The number of nitrogens with zero attached hydrogens (tertiary/aromatic N) is 3. The second kappa shape index (κ2) is 6.98. The standard InChI is InChI=1S/C16H20N4OS/c1-12-6-3-5-9-20(12)11-13-10-18-16(22-13)19-15(21)14-7-2-4-8-17-14/h2,4,7-8,10,12H,3,5-6,9,11H2,1H3,(H,18,19,21). The Bertz CT molecular complexity index is 628. The number of likely N-dealkylation sites (tertiary alicyclic amines) is 1. The summed E-state index contributed by atoms with van der Waals surface area (Å²) in [5.74, 6) is -0.215. The molecule has 1 fully saturated rings. The van der Waals surface area contributed by atoms with Gasteiger partial charge in [0.05, 0.1) is 0 Å². The SMILES string of the molecule is CC1CCCCN1Cc1cnc(NC(=O)c2ccccn2)s1. The van der Waals surface area contributed by atoms with Crippen LogP contribution in [0.25, 0.3) is 0 Å². The summed E-state index contributed by atoms with van der Waals surface area (Å²) in [6.07, 6.45) is 7.33. The van der Waals surface area contributed by atoms with Crippen LogP contribution >= 0.6 is 11.3 Å². The monoisotopic (exact) mass is 316 g/mol. The van der Waals surface area contributed by atoms with Gasteiger partial charge < -0.3 is 0 Å². The van der Waals surface area contributed by atoms with Gasteiger partial charge in [-0.05, 0) is 38.4 Å². The summed E-state index contributed by atoms with van der Waals surface area (Å²) in [5, 5.41) is 3.45. The average molecular weight is 316 g/mol. The molecule has 1 atom stereocenters. The van der Waals surface area contributed by atoms with Crippen molar-refractivity contribution < 1.29 is 4.79 Å². The first-order valence-electron chi connectivity index (χ1n) is 7.63. The van der Waals surface area contributed by atoms with E-state index in [4.69, 9.17) is 0 Å². The summed E-state index contributed by atoms with van der Waals surface area (Å²) >= 11 is 1.54. The van der Waals surface area contributed by atoms with Gasteiger partial charge in [0.15, 0.2) is 5.13 Å². The van der Waals surface area contributed by atoms with Gasteiger partial charge in [0.2, 0.25) is 0 Å². The van der Waals surface area contributed by atoms with Gasteiger partial charge in [-0.2, -0.15) is 0 Å². The second-order valence-corrected chi connectivity index (χ2v) is 6.73. The van der Waals surface area contributed by atoms with Crippen molar-refractivity contribution in [3.05, 3.63) is 41.2 Å². The van der Waals surface area contributed by atoms with Crippen LogP contribution < -0.4 is 5.32 Å². The zero-order chi connectivity index (χ0) is 15.4. The lowest BCUT2D eigenvalue weighted by Crippen LogP contribution is -2.36. The van der Waals surface area contributed by atoms with Crippen LogP contribution in [-0.4, -0.2) is 33.4 Å². The molecular formula is C16H20N4OS. The Labute approximate surface area is 134 Å². The average Bonchev–Trinajstić information content (AvgIpc) is 2.97. The Kier molecular flexibility index (Phi) is 4.80. The molecule has 0 aliphatic carbocycles. The van der Waals surface area contributed by atoms with E-state index in [9.17, 15) is 4.79 Å². The number of pyridine rings is 1. The Morgan fingerprint density at radius 3 is 3.09 bits per heavy atom. The van der Waals surface area contributed by atoms with Crippen LogP contribution in [0.5, 0.6) is 0 Å². The highest BCUT2D eigenvalue weighted by molar-refractivity contribution is 7.15. The molecule has 116 valence electrons. The minimum Gasteiger partial charge on any atom is -0.296 e. The van der Waals surface area contributed by atoms with Crippen LogP contribution in [0.4, 0.5) is 5.13 Å². The van der Waals surface area contributed by atoms with E-state index in [1.165, 1.54) is 35.5 Å². The highest BCUT2D eigenvalue weighted by Gasteiger charge is 2.19. The van der Waals surface area contributed by atoms with Crippen molar-refractivity contribution in [2.75, 3.05) is 11.9 Å². The number of carbonyl (C=O) groups excluding carboxylic acids is 1. The van der Waals surface area contributed by atoms with Crippen molar-refractivity contribution >= 4 is 22.4 Å². The summed E-state index contributed by atoms with van der Waals surface area (Å²) in [7, 11) is 0. The third-order valence-electron chi connectivity index (χ3n) is 3.97. The summed E-state index contributed by atoms with van der Waals surface area (Å²) in [4.78, 5) is 24.1. The number of hydrogen-bond donors (Lipinski definition) is 1. The largest absolute Gasteiger partial charge is 0.296 e. The molecule has 0 spiro atoms. The van der Waals surface area contributed by atoms with Crippen LogP contribution in [0.3, 0.4) is 0 Å². The molecule has 5 nitrogen and oxygen atoms in total. The molecule has 1 saturated heterocycles. The first-order valence-corrected chi connectivity index (χ1v) is 8.45. The third-order valence-corrected chi connectivity index (χ3v) is 4.87. The molecule has 1 amide bonds. The highest BCUT2D eigenvalue weighted by atomic mass is 32.1. The van der Waals surface area contributed by atoms with Gasteiger partial charge in [-0.15, -0.1) is 11.3 Å². The zero-order valence-corrected chi connectivity index (χ0v) is 13.5. The number of amides is 1. The van der Waals surface area contributed by atoms with Crippen molar-refractivity contribution in [3.63, 3.8) is 0 Å². The van der Waals surface area contributed by atoms with Gasteiger partial charge in [-0.3, -0.25) is 20.0 Å². The van der Waals surface area contributed by atoms with Gasteiger partial charge >= 0.3 is 0 Å². The van der Waals surface area contributed by atoms with Gasteiger partial charge in [0.25, 0.3) is 5.91 Å². The van der Waals surface area contributed by atoms with E-state index in [0.717, 1.165) is 13.1 Å². The van der Waals surface area contributed by atoms with E-state index >= 15 is 0 Å². The molecule has 1 unspecified atom stereocenters. The van der Waals surface area contributed by atoms with Gasteiger partial charge in [0.1, 0.15) is 5.69 Å². The Balaban J connectivity index is 1.60. The Morgan fingerprint density at radius 2 is 2.32 bits per heavy atom. The molecule has 0 radical (unpaired) electrons. The molecule has 2 aromatic heterocycles. The lowest BCUT2D eigenvalue weighted by Gasteiger charge is -2.32. The molecule has 1 aliphatic heterocycles. The van der Waals surface area contributed by atoms with E-state index in [1.807, 2.05) is 6.20 Å². The zero-order valence-electron chi connectivity index (χ0n) is 12.7. The predicted molar refractivity (Wildman–Crippen MR) is 88.0 cm³/mol. The van der Waals surface area contributed by atoms with Crippen molar-refractivity contribution in [3.8, 4) is 0 Å². The number of aromatic nitrogens is 2. The van der Waals surface area contributed by atoms with Crippen LogP contribution in [0.1, 0.15) is 41.6 Å². The Hall–Kier alpha value is -1.79. The third kappa shape index (κ3) is 3.69. The van der Waals surface area contributed by atoms with E-state index in [0.29, 0.717) is 16.9 Å². The number of thiazole rings is 1. The fourth-order valence-electron chi connectivity index (χ4n) is 2.69. The molecular weight excluding hydrogens is 296 g/mol. The second-order valence-electron chi connectivity index (χ2n) is 5.62. The van der Waals surface area contributed by atoms with E-state index in [2.05, 4.69) is 27.1 Å². The maximum Gasteiger partial charge on any atom is 0.276 e. The Morgan fingerprint density at radius 1 is 1.41 bits per heavy atom. The molecule has 1 N–H and O–H groups in total. The van der Waals surface area contributed by atoms with E-state index < -0.39 is 0 Å². The van der Waals surface area contributed by atoms with Crippen LogP contribution in [-0.2, 0) is 6.54 Å². The number of piperidine rings is 1. The van der Waals surface area contributed by atoms with Crippen LogP contribution in [0, 0.1) is 0 Å². The fraction of sp³-hybridized carbons (Fsp3) is 0.438. The number of anilines is 1. The number of nitrogens with one attached hydrogen (secondary N) is 1. The molecule has 2 aromatic rings. The minimum atomic E-state index is -0.215. The van der Waals surface area contributed by atoms with Gasteiger partial charge in [-0.1, -0.05) is 12.5 Å². The smallest absolute Gasteiger partial charge is 0.276 e. The van der Waals surface area contributed by atoms with Crippen molar-refractivity contribution in [1.82, 2.24) is 14.9 Å². The molecule has 0 saturated carbocycles. The molecule has 0 aromatic carbocycles. The molecule has 0 bridgehead atoms. The molecule has 6 heteroatoms. The predicted octanol–water partition coefficient (Wildman–Crippen LogP) is 3.16. The molecule has 22 heavy (non-hydrogen) atoms. The summed E-state index contributed by atoms with van der Waals surface area (Å²) in [5.41, 5.74) is 0.406. The highest BCUT2D eigenvalue weighted by Crippen LogP contribution is 2.24. The van der Waals surface area contributed by atoms with Crippen LogP contribution in [0.2, 0.25) is 0 Å². The first-order chi connectivity index (χ1) is 10.7. The van der Waals surface area contributed by atoms with Gasteiger partial charge in [0, 0.05) is 29.9 Å². The first kappa shape index (κ1) is 15.1. The lowest BCUT2D eigenvalue weighted by atomic mass is 10.0. The molecule has 3 heterocycles. The quantitative estimate of drug-likeness (QED) is 0.941. The van der Waals surface area contributed by atoms with E-state index in [-0.39, 0.29) is 5.91 Å². The molecule has 3 rings (SSSR count). The maximum atomic E-state index is 12.0. The lowest BCUT2D eigenvalue weighted by molar-refractivity contribution is 0.102. The summed E-state index contributed by atoms with van der Waals surface area (Å²) in [6, 6.07) is 5.91. The van der Waals surface area contributed by atoms with Crippen molar-refractivity contribution in [2.45, 2.75) is 38.8 Å². The fourth-order valence-corrected chi connectivity index (χ4v) is 3.52. The maximum absolute atomic E-state index is 12.0.